The highest BCUT2D eigenvalue weighted by atomic mass is 35.5. The second-order valence-electron chi connectivity index (χ2n) is 8.52. The predicted molar refractivity (Wildman–Crippen MR) is 134 cm³/mol. The van der Waals surface area contributed by atoms with E-state index in [4.69, 9.17) is 27.9 Å². The average Bonchev–Trinajstić information content (AvgIpc) is 2.75. The van der Waals surface area contributed by atoms with Crippen LogP contribution in [0.1, 0.15) is 103 Å². The first-order chi connectivity index (χ1) is 15.4. The number of phenolic OH excluding ortho intramolecular Hbond substituents is 1. The lowest BCUT2D eigenvalue weighted by atomic mass is 10.0. The van der Waals surface area contributed by atoms with Gasteiger partial charge in [-0.25, -0.2) is 4.79 Å². The van der Waals surface area contributed by atoms with Crippen LogP contribution in [0, 0.1) is 0 Å². The van der Waals surface area contributed by atoms with Gasteiger partial charge >= 0.3 is 6.09 Å². The van der Waals surface area contributed by atoms with Gasteiger partial charge in [-0.1, -0.05) is 107 Å². The highest BCUT2D eigenvalue weighted by Gasteiger charge is 2.09. The fourth-order valence-corrected chi connectivity index (χ4v) is 4.11. The van der Waals surface area contributed by atoms with E-state index in [2.05, 4.69) is 12.2 Å². The van der Waals surface area contributed by atoms with Crippen molar-refractivity contribution in [2.75, 3.05) is 11.9 Å². The lowest BCUT2D eigenvalue weighted by molar-refractivity contribution is 0.147. The zero-order valence-corrected chi connectivity index (χ0v) is 21.0. The highest BCUT2D eigenvalue weighted by Crippen LogP contribution is 2.34. The summed E-state index contributed by atoms with van der Waals surface area (Å²) in [4.78, 5) is 11.8. The number of phenols is 1. The van der Waals surface area contributed by atoms with Gasteiger partial charge in [0.05, 0.1) is 22.8 Å². The fourth-order valence-electron chi connectivity index (χ4n) is 3.63. The van der Waals surface area contributed by atoms with Gasteiger partial charge in [0.25, 0.3) is 0 Å². The van der Waals surface area contributed by atoms with Crippen molar-refractivity contribution in [1.29, 1.82) is 0 Å². The number of benzene rings is 1. The van der Waals surface area contributed by atoms with Crippen molar-refractivity contribution in [1.82, 2.24) is 0 Å². The van der Waals surface area contributed by atoms with Gasteiger partial charge in [0.1, 0.15) is 0 Å². The molecule has 3 N–H and O–H groups in total. The number of carbonyl (C=O) groups excluding carboxylic acids is 1. The van der Waals surface area contributed by atoms with Crippen LogP contribution in [-0.4, -0.2) is 29.0 Å². The maximum Gasteiger partial charge on any atom is 0.411 e. The van der Waals surface area contributed by atoms with Crippen molar-refractivity contribution in [3.8, 4) is 5.75 Å². The summed E-state index contributed by atoms with van der Waals surface area (Å²) in [6, 6.07) is 2.83. The quantitative estimate of drug-likeness (QED) is 0.142. The van der Waals surface area contributed by atoms with E-state index in [1.165, 1.54) is 63.5 Å². The Balaban J connectivity index is 1.90. The van der Waals surface area contributed by atoms with Gasteiger partial charge < -0.3 is 14.9 Å². The molecular formula is C25H41Cl2NO4. The Hall–Kier alpha value is -1.17. The summed E-state index contributed by atoms with van der Waals surface area (Å²) in [5.74, 6) is -0.209. The third kappa shape index (κ3) is 14.1. The van der Waals surface area contributed by atoms with Gasteiger partial charge in [0, 0.05) is 5.69 Å². The van der Waals surface area contributed by atoms with Crippen molar-refractivity contribution in [2.45, 2.75) is 109 Å². The number of rotatable bonds is 18. The molecule has 0 heterocycles. The molecule has 0 aliphatic carbocycles. The minimum Gasteiger partial charge on any atom is -0.505 e. The SMILES string of the molecule is CCCCCCC(O)CCCCCCCCCCCOC(=O)Nc1cc(Cl)c(O)c(Cl)c1. The second-order valence-corrected chi connectivity index (χ2v) is 9.34. The van der Waals surface area contributed by atoms with Crippen molar-refractivity contribution in [3.63, 3.8) is 0 Å². The molecule has 1 amide bonds. The maximum absolute atomic E-state index is 11.8. The Labute approximate surface area is 203 Å². The van der Waals surface area contributed by atoms with Crippen LogP contribution in [0.2, 0.25) is 10.0 Å². The monoisotopic (exact) mass is 489 g/mol. The van der Waals surface area contributed by atoms with E-state index in [1.807, 2.05) is 0 Å². The molecular weight excluding hydrogens is 449 g/mol. The second kappa shape index (κ2) is 18.3. The van der Waals surface area contributed by atoms with Crippen molar-refractivity contribution in [3.05, 3.63) is 22.2 Å². The lowest BCUT2D eigenvalue weighted by Gasteiger charge is -2.10. The number of halogens is 2. The molecule has 7 heteroatoms. The molecule has 0 aliphatic heterocycles. The standard InChI is InChI=1S/C25H41Cl2NO4/c1-2-3-4-12-15-21(29)16-13-10-8-6-5-7-9-11-14-17-32-25(31)28-20-18-22(26)24(30)23(27)19-20/h18-19,21,29-30H,2-17H2,1H3,(H,28,31). The first-order valence-electron chi connectivity index (χ1n) is 12.2. The Bertz CT molecular complexity index is 619. The van der Waals surface area contributed by atoms with E-state index in [-0.39, 0.29) is 21.9 Å². The lowest BCUT2D eigenvalue weighted by Crippen LogP contribution is -2.14. The molecule has 0 aromatic heterocycles. The molecule has 0 radical (unpaired) electrons. The zero-order chi connectivity index (χ0) is 23.6. The molecule has 0 bridgehead atoms. The number of ether oxygens (including phenoxy) is 1. The molecule has 0 fully saturated rings. The van der Waals surface area contributed by atoms with Gasteiger partial charge in [-0.15, -0.1) is 0 Å². The molecule has 0 spiro atoms. The van der Waals surface area contributed by atoms with E-state index in [1.54, 1.807) is 0 Å². The molecule has 0 aliphatic rings. The third-order valence-corrected chi connectivity index (χ3v) is 6.15. The number of nitrogens with one attached hydrogen (secondary N) is 1. The van der Waals surface area contributed by atoms with E-state index in [0.717, 1.165) is 44.9 Å². The Morgan fingerprint density at radius 3 is 1.88 bits per heavy atom. The normalized spacial score (nSPS) is 12.0. The van der Waals surface area contributed by atoms with Crippen molar-refractivity contribution in [2.24, 2.45) is 0 Å². The summed E-state index contributed by atoms with van der Waals surface area (Å²) in [5, 5.41) is 22.2. The van der Waals surface area contributed by atoms with Crippen LogP contribution in [0.4, 0.5) is 10.5 Å². The van der Waals surface area contributed by atoms with Crippen LogP contribution >= 0.6 is 23.2 Å². The predicted octanol–water partition coefficient (Wildman–Crippen LogP) is 8.48. The number of hydrogen-bond acceptors (Lipinski definition) is 4. The summed E-state index contributed by atoms with van der Waals surface area (Å²) in [5.41, 5.74) is 0.379. The molecule has 0 saturated heterocycles. The van der Waals surface area contributed by atoms with Crippen molar-refractivity contribution < 1.29 is 19.7 Å². The molecule has 5 nitrogen and oxygen atoms in total. The van der Waals surface area contributed by atoms with Gasteiger partial charge in [-0.2, -0.15) is 0 Å². The number of unbranched alkanes of at least 4 members (excludes halogenated alkanes) is 11. The Kier molecular flexibility index (Phi) is 16.5. The van der Waals surface area contributed by atoms with E-state index >= 15 is 0 Å². The number of anilines is 1. The number of aromatic hydroxyl groups is 1. The summed E-state index contributed by atoms with van der Waals surface area (Å²) in [7, 11) is 0. The average molecular weight is 491 g/mol. The summed E-state index contributed by atoms with van der Waals surface area (Å²) < 4.78 is 5.16. The van der Waals surface area contributed by atoms with E-state index < -0.39 is 6.09 Å². The molecule has 184 valence electrons. The molecule has 1 rings (SSSR count). The number of carbonyl (C=O) groups is 1. The van der Waals surface area contributed by atoms with Gasteiger partial charge in [0.2, 0.25) is 0 Å². The molecule has 1 aromatic carbocycles. The van der Waals surface area contributed by atoms with Crippen LogP contribution in [-0.2, 0) is 4.74 Å². The van der Waals surface area contributed by atoms with E-state index in [9.17, 15) is 15.0 Å². The fraction of sp³-hybridized carbons (Fsp3) is 0.720. The Morgan fingerprint density at radius 2 is 1.34 bits per heavy atom. The topological polar surface area (TPSA) is 78.8 Å². The smallest absolute Gasteiger partial charge is 0.411 e. The minimum absolute atomic E-state index is 0.0724. The summed E-state index contributed by atoms with van der Waals surface area (Å²) >= 11 is 11.7. The number of aliphatic hydroxyl groups excluding tert-OH is 1. The molecule has 0 saturated carbocycles. The molecule has 32 heavy (non-hydrogen) atoms. The zero-order valence-electron chi connectivity index (χ0n) is 19.5. The molecule has 1 unspecified atom stereocenters. The molecule has 1 atom stereocenters. The van der Waals surface area contributed by atoms with Crippen LogP contribution in [0.3, 0.4) is 0 Å². The van der Waals surface area contributed by atoms with Crippen LogP contribution in [0.15, 0.2) is 12.1 Å². The van der Waals surface area contributed by atoms with Crippen LogP contribution in [0.25, 0.3) is 0 Å². The minimum atomic E-state index is -0.561. The van der Waals surface area contributed by atoms with Crippen LogP contribution in [0.5, 0.6) is 5.75 Å². The maximum atomic E-state index is 11.8. The van der Waals surface area contributed by atoms with Crippen LogP contribution < -0.4 is 5.32 Å². The first-order valence-corrected chi connectivity index (χ1v) is 13.0. The number of aliphatic hydroxyl groups is 1. The number of amides is 1. The van der Waals surface area contributed by atoms with E-state index in [0.29, 0.717) is 12.3 Å². The van der Waals surface area contributed by atoms with Gasteiger partial charge in [0.15, 0.2) is 5.75 Å². The largest absolute Gasteiger partial charge is 0.505 e. The third-order valence-electron chi connectivity index (χ3n) is 5.57. The highest BCUT2D eigenvalue weighted by molar-refractivity contribution is 6.37. The van der Waals surface area contributed by atoms with Gasteiger partial charge in [-0.3, -0.25) is 5.32 Å². The van der Waals surface area contributed by atoms with Gasteiger partial charge in [-0.05, 0) is 31.4 Å². The first kappa shape index (κ1) is 28.9. The summed E-state index contributed by atoms with van der Waals surface area (Å²) in [6.45, 7) is 2.58. The summed E-state index contributed by atoms with van der Waals surface area (Å²) in [6.07, 6.45) is 16.5. The molecule has 1 aromatic rings. The van der Waals surface area contributed by atoms with Crippen molar-refractivity contribution >= 4 is 35.0 Å². The Morgan fingerprint density at radius 1 is 0.875 bits per heavy atom. The number of hydrogen-bond donors (Lipinski definition) is 3.